The number of rotatable bonds is 5. The molecule has 0 aliphatic heterocycles. The van der Waals surface area contributed by atoms with E-state index < -0.39 is 8.07 Å². The van der Waals surface area contributed by atoms with Gasteiger partial charge in [0.2, 0.25) is 0 Å². The van der Waals surface area contributed by atoms with E-state index >= 15 is 0 Å². The number of fused-ring (bicyclic) bond motifs is 1. The average molecular weight is 407 g/mol. The largest absolute Gasteiger partial charge is 0.359 e. The zero-order valence-corrected chi connectivity index (χ0v) is 15.5. The highest BCUT2D eigenvalue weighted by atomic mass is 79.9. The van der Waals surface area contributed by atoms with E-state index in [2.05, 4.69) is 61.6 Å². The second-order valence-electron chi connectivity index (χ2n) is 5.63. The summed E-state index contributed by atoms with van der Waals surface area (Å²) in [6, 6.07) is 3.07. The molecular weight excluding hydrogens is 390 g/mol. The molecule has 2 aromatic rings. The fraction of sp³-hybridized carbons (Fsp3) is 0.500. The topological polar surface area (TPSA) is 39.9 Å². The van der Waals surface area contributed by atoms with Crippen LogP contribution in [0.1, 0.15) is 0 Å². The van der Waals surface area contributed by atoms with E-state index in [1.54, 1.807) is 10.9 Å². The number of ether oxygens (including phenoxy) is 1. The van der Waals surface area contributed by atoms with Gasteiger partial charge in [-0.1, -0.05) is 19.6 Å². The van der Waals surface area contributed by atoms with Crippen molar-refractivity contribution < 1.29 is 4.74 Å². The fourth-order valence-electron chi connectivity index (χ4n) is 1.64. The zero-order chi connectivity index (χ0) is 14.0. The van der Waals surface area contributed by atoms with Crippen molar-refractivity contribution in [2.45, 2.75) is 32.4 Å². The molecule has 19 heavy (non-hydrogen) atoms. The number of halogens is 2. The molecule has 0 unspecified atom stereocenters. The molecule has 0 spiro atoms. The normalized spacial score (nSPS) is 12.3. The van der Waals surface area contributed by atoms with Crippen LogP contribution in [0.15, 0.2) is 21.3 Å². The van der Waals surface area contributed by atoms with Crippen molar-refractivity contribution in [1.29, 1.82) is 0 Å². The standard InChI is InChI=1S/C12H17Br2N3OSi/c1-19(2,3)7-6-18-8-17-12-10(11(14)16-17)9(13)4-5-15-12/h4-5H,6-8H2,1-3H3. The first-order chi connectivity index (χ1) is 8.88. The Balaban J connectivity index is 2.08. The van der Waals surface area contributed by atoms with E-state index in [1.807, 2.05) is 6.07 Å². The number of hydrogen-bond acceptors (Lipinski definition) is 3. The predicted octanol–water partition coefficient (Wildman–Crippen LogP) is 4.27. The van der Waals surface area contributed by atoms with Gasteiger partial charge in [-0.2, -0.15) is 5.10 Å². The van der Waals surface area contributed by atoms with E-state index in [0.29, 0.717) is 6.73 Å². The summed E-state index contributed by atoms with van der Waals surface area (Å²) in [5, 5.41) is 5.39. The van der Waals surface area contributed by atoms with Gasteiger partial charge >= 0.3 is 0 Å². The van der Waals surface area contributed by atoms with Crippen LogP contribution < -0.4 is 0 Å². The Morgan fingerprint density at radius 3 is 2.74 bits per heavy atom. The van der Waals surface area contributed by atoms with Gasteiger partial charge in [-0.15, -0.1) is 0 Å². The van der Waals surface area contributed by atoms with Gasteiger partial charge in [0.1, 0.15) is 11.3 Å². The summed E-state index contributed by atoms with van der Waals surface area (Å²) in [6.45, 7) is 8.25. The molecule has 2 heterocycles. The maximum atomic E-state index is 5.72. The van der Waals surface area contributed by atoms with E-state index in [1.165, 1.54) is 0 Å². The molecule has 0 saturated carbocycles. The molecule has 2 aromatic heterocycles. The molecule has 0 aliphatic rings. The van der Waals surface area contributed by atoms with Crippen molar-refractivity contribution in [2.24, 2.45) is 0 Å². The Bertz CT molecular complexity index is 580. The molecule has 0 atom stereocenters. The van der Waals surface area contributed by atoms with Crippen molar-refractivity contribution >= 4 is 51.0 Å². The summed E-state index contributed by atoms with van der Waals surface area (Å²) in [5.41, 5.74) is 0.828. The Morgan fingerprint density at radius 2 is 2.05 bits per heavy atom. The van der Waals surface area contributed by atoms with Gasteiger partial charge in [-0.05, 0) is 44.0 Å². The number of pyridine rings is 1. The van der Waals surface area contributed by atoms with Crippen LogP contribution in [0.2, 0.25) is 25.7 Å². The smallest absolute Gasteiger partial charge is 0.162 e. The first-order valence-electron chi connectivity index (χ1n) is 6.13. The van der Waals surface area contributed by atoms with Crippen LogP contribution in [0.5, 0.6) is 0 Å². The zero-order valence-electron chi connectivity index (χ0n) is 11.3. The fourth-order valence-corrected chi connectivity index (χ4v) is 3.73. The third-order valence-electron chi connectivity index (χ3n) is 2.75. The molecule has 7 heteroatoms. The predicted molar refractivity (Wildman–Crippen MR) is 87.0 cm³/mol. The van der Waals surface area contributed by atoms with Gasteiger partial charge in [0, 0.05) is 25.4 Å². The van der Waals surface area contributed by atoms with Crippen molar-refractivity contribution in [3.8, 4) is 0 Å². The molecular formula is C12H17Br2N3OSi. The van der Waals surface area contributed by atoms with E-state index in [-0.39, 0.29) is 0 Å². The summed E-state index contributed by atoms with van der Waals surface area (Å²) < 4.78 is 9.27. The third-order valence-corrected chi connectivity index (χ3v) is 5.67. The second kappa shape index (κ2) is 6.03. The molecule has 4 nitrogen and oxygen atoms in total. The highest BCUT2D eigenvalue weighted by Crippen LogP contribution is 2.28. The minimum atomic E-state index is -1.04. The molecule has 0 saturated heterocycles. The number of hydrogen-bond donors (Lipinski definition) is 0. The van der Waals surface area contributed by atoms with E-state index in [9.17, 15) is 0 Å². The molecule has 2 rings (SSSR count). The summed E-state index contributed by atoms with van der Waals surface area (Å²) in [4.78, 5) is 4.36. The van der Waals surface area contributed by atoms with Crippen LogP contribution in [0.25, 0.3) is 11.0 Å². The lowest BCUT2D eigenvalue weighted by Gasteiger charge is -2.15. The monoisotopic (exact) mass is 405 g/mol. The van der Waals surface area contributed by atoms with Crippen LogP contribution >= 0.6 is 31.9 Å². The van der Waals surface area contributed by atoms with Gasteiger partial charge in [-0.25, -0.2) is 9.67 Å². The minimum Gasteiger partial charge on any atom is -0.359 e. The van der Waals surface area contributed by atoms with Gasteiger partial charge in [-0.3, -0.25) is 0 Å². The van der Waals surface area contributed by atoms with Crippen molar-refractivity contribution in [3.63, 3.8) is 0 Å². The van der Waals surface area contributed by atoms with Gasteiger partial charge in [0.05, 0.1) is 5.39 Å². The summed E-state index contributed by atoms with van der Waals surface area (Å²) >= 11 is 6.97. The van der Waals surface area contributed by atoms with Crippen LogP contribution in [0, 0.1) is 0 Å². The number of nitrogens with zero attached hydrogens (tertiary/aromatic N) is 3. The maximum absolute atomic E-state index is 5.72. The highest BCUT2D eigenvalue weighted by molar-refractivity contribution is 9.11. The Hall–Kier alpha value is -0.243. The third kappa shape index (κ3) is 3.87. The lowest BCUT2D eigenvalue weighted by Crippen LogP contribution is -2.22. The first kappa shape index (κ1) is 15.2. The van der Waals surface area contributed by atoms with Crippen molar-refractivity contribution in [2.75, 3.05) is 6.61 Å². The molecule has 0 aliphatic carbocycles. The highest BCUT2D eigenvalue weighted by Gasteiger charge is 2.14. The Kier molecular flexibility index (Phi) is 4.81. The van der Waals surface area contributed by atoms with E-state index in [0.717, 1.165) is 32.8 Å². The summed E-state index contributed by atoms with van der Waals surface area (Å²) in [6.07, 6.45) is 1.76. The number of aromatic nitrogens is 3. The maximum Gasteiger partial charge on any atom is 0.162 e. The Morgan fingerprint density at radius 1 is 1.32 bits per heavy atom. The van der Waals surface area contributed by atoms with Gasteiger partial charge < -0.3 is 4.74 Å². The van der Waals surface area contributed by atoms with Crippen molar-refractivity contribution in [1.82, 2.24) is 14.8 Å². The molecule has 0 amide bonds. The molecule has 104 valence electrons. The molecule has 0 radical (unpaired) electrons. The van der Waals surface area contributed by atoms with Gasteiger partial charge in [0.25, 0.3) is 0 Å². The molecule has 0 fully saturated rings. The minimum absolute atomic E-state index is 0.441. The van der Waals surface area contributed by atoms with E-state index in [4.69, 9.17) is 4.74 Å². The van der Waals surface area contributed by atoms with Crippen LogP contribution in [-0.2, 0) is 11.5 Å². The second-order valence-corrected chi connectivity index (χ2v) is 12.9. The lowest BCUT2D eigenvalue weighted by molar-refractivity contribution is 0.0810. The van der Waals surface area contributed by atoms with Crippen LogP contribution in [0.3, 0.4) is 0 Å². The van der Waals surface area contributed by atoms with Gasteiger partial charge in [0.15, 0.2) is 5.65 Å². The quantitative estimate of drug-likeness (QED) is 0.549. The average Bonchev–Trinajstić information content (AvgIpc) is 2.62. The van der Waals surface area contributed by atoms with Crippen LogP contribution in [-0.4, -0.2) is 29.4 Å². The Labute approximate surface area is 130 Å². The molecule has 0 aromatic carbocycles. The SMILES string of the molecule is C[Si](C)(C)CCOCn1nc(Br)c2c(Br)ccnc21. The molecule has 0 N–H and O–H groups in total. The van der Waals surface area contributed by atoms with Crippen LogP contribution in [0.4, 0.5) is 0 Å². The molecule has 0 bridgehead atoms. The summed E-state index contributed by atoms with van der Waals surface area (Å²) in [7, 11) is -1.04. The lowest BCUT2D eigenvalue weighted by atomic mass is 10.4. The first-order valence-corrected chi connectivity index (χ1v) is 11.4. The summed E-state index contributed by atoms with van der Waals surface area (Å²) in [5.74, 6) is 0. The van der Waals surface area contributed by atoms with Crippen molar-refractivity contribution in [3.05, 3.63) is 21.3 Å².